The predicted octanol–water partition coefficient (Wildman–Crippen LogP) is 3.27. The summed E-state index contributed by atoms with van der Waals surface area (Å²) in [7, 11) is 1.47. The number of halogens is 4. The summed E-state index contributed by atoms with van der Waals surface area (Å²) in [6, 6.07) is 3.53. The molecule has 0 radical (unpaired) electrons. The summed E-state index contributed by atoms with van der Waals surface area (Å²) < 4.78 is 18.3. The third-order valence-corrected chi connectivity index (χ3v) is 8.30. The number of hydrogen-bond donors (Lipinski definition) is 4. The smallest absolute Gasteiger partial charge is 0.407 e. The fraction of sp³-hybridized carbons (Fsp3) is 0.409. The molecule has 4 unspecified atom stereocenters. The van der Waals surface area contributed by atoms with Gasteiger partial charge in [-0.15, -0.1) is 0 Å². The Labute approximate surface area is 245 Å². The number of rotatable bonds is 8. The van der Waals surface area contributed by atoms with Crippen LogP contribution in [0.2, 0.25) is 0 Å². The van der Waals surface area contributed by atoms with Crippen LogP contribution in [0.1, 0.15) is 18.1 Å². The summed E-state index contributed by atoms with van der Waals surface area (Å²) >= 11 is 13.6. The van der Waals surface area contributed by atoms with Crippen LogP contribution in [-0.4, -0.2) is 72.5 Å². The van der Waals surface area contributed by atoms with Gasteiger partial charge >= 0.3 is 6.09 Å². The van der Waals surface area contributed by atoms with Crippen LogP contribution in [0.4, 0.5) is 4.79 Å². The lowest BCUT2D eigenvalue weighted by Crippen LogP contribution is -2.45. The number of nitrogens with zero attached hydrogens (tertiary/aromatic N) is 1. The van der Waals surface area contributed by atoms with Crippen molar-refractivity contribution in [3.8, 4) is 5.75 Å². The molecule has 2 heterocycles. The van der Waals surface area contributed by atoms with Gasteiger partial charge in [0, 0.05) is 13.0 Å². The molecule has 1 aromatic carbocycles. The van der Waals surface area contributed by atoms with E-state index in [0.29, 0.717) is 36.0 Å². The van der Waals surface area contributed by atoms with Gasteiger partial charge in [-0.3, -0.25) is 4.79 Å². The molecule has 4 N–H and O–H groups in total. The van der Waals surface area contributed by atoms with Gasteiger partial charge in [0.05, 0.1) is 31.6 Å². The monoisotopic (exact) mass is 771 g/mol. The molecule has 1 fully saturated rings. The summed E-state index contributed by atoms with van der Waals surface area (Å²) in [5, 5.41) is 30.1. The molecule has 0 saturated carbocycles. The molecule has 1 aromatic rings. The fourth-order valence-corrected chi connectivity index (χ4v) is 7.09. The van der Waals surface area contributed by atoms with Gasteiger partial charge in [0.15, 0.2) is 5.60 Å². The average Bonchev–Trinajstić information content (AvgIpc) is 3.48. The van der Waals surface area contributed by atoms with Crippen LogP contribution >= 0.6 is 63.7 Å². The Balaban J connectivity index is 1.29. The number of allylic oxidation sites excluding steroid dienone is 1. The van der Waals surface area contributed by atoms with Crippen molar-refractivity contribution in [2.75, 3.05) is 26.8 Å². The van der Waals surface area contributed by atoms with Crippen molar-refractivity contribution in [1.82, 2.24) is 10.6 Å². The summed E-state index contributed by atoms with van der Waals surface area (Å²) in [6.45, 7) is 0.138. The minimum atomic E-state index is -1.27. The first-order valence-electron chi connectivity index (χ1n) is 10.8. The number of methoxy groups -OCH3 is 1. The summed E-state index contributed by atoms with van der Waals surface area (Å²) in [4.78, 5) is 29.4. The van der Waals surface area contributed by atoms with Crippen molar-refractivity contribution in [2.45, 2.75) is 30.3 Å². The number of benzene rings is 1. The van der Waals surface area contributed by atoms with E-state index in [1.807, 2.05) is 0 Å². The molecule has 37 heavy (non-hydrogen) atoms. The zero-order valence-electron chi connectivity index (χ0n) is 19.1. The maximum Gasteiger partial charge on any atom is 0.407 e. The second-order valence-electron chi connectivity index (χ2n) is 8.30. The van der Waals surface area contributed by atoms with Crippen molar-refractivity contribution in [3.05, 3.63) is 47.4 Å². The maximum absolute atomic E-state index is 12.6. The van der Waals surface area contributed by atoms with E-state index in [-0.39, 0.29) is 25.3 Å². The van der Waals surface area contributed by atoms with Crippen LogP contribution in [-0.2, 0) is 19.1 Å². The van der Waals surface area contributed by atoms with Crippen molar-refractivity contribution < 1.29 is 38.9 Å². The second kappa shape index (κ2) is 11.6. The van der Waals surface area contributed by atoms with Gasteiger partial charge in [-0.2, -0.15) is 0 Å². The lowest BCUT2D eigenvalue weighted by Gasteiger charge is -2.33. The Bertz CT molecular complexity index is 1180. The standard InChI is InChI=1S/C22H21Br4N3O8/c1-34-18-13(25)4-22(19(31)16(18)26)5-14(29-37-22)20(32)27-6-10(30)8-35-17-11(23)2-9(3-12(17)24)15-7-28-21(33)36-15/h2-4,10,15,19,30-31H,5-8H2,1H3,(H,27,32)(H,28,33). The normalized spacial score (nSPS) is 25.6. The van der Waals surface area contributed by atoms with E-state index in [1.54, 1.807) is 18.2 Å². The molecular formula is C22H21Br4N3O8. The third kappa shape index (κ3) is 6.01. The van der Waals surface area contributed by atoms with E-state index in [4.69, 9.17) is 19.0 Å². The number of cyclic esters (lactones) is 1. The highest BCUT2D eigenvalue weighted by atomic mass is 79.9. The first-order valence-corrected chi connectivity index (χ1v) is 14.0. The highest BCUT2D eigenvalue weighted by Crippen LogP contribution is 2.44. The highest BCUT2D eigenvalue weighted by molar-refractivity contribution is 9.12. The van der Waals surface area contributed by atoms with Crippen LogP contribution in [0, 0.1) is 0 Å². The Morgan fingerprint density at radius 3 is 2.65 bits per heavy atom. The highest BCUT2D eigenvalue weighted by Gasteiger charge is 2.50. The Morgan fingerprint density at radius 2 is 2.03 bits per heavy atom. The van der Waals surface area contributed by atoms with Crippen LogP contribution < -0.4 is 15.4 Å². The summed E-state index contributed by atoms with van der Waals surface area (Å²) in [5.74, 6) is 0.311. The topological polar surface area (TPSA) is 148 Å². The van der Waals surface area contributed by atoms with Gasteiger partial charge in [0.2, 0.25) is 0 Å². The lowest BCUT2D eigenvalue weighted by molar-refractivity contribution is -0.115. The van der Waals surface area contributed by atoms with Crippen molar-refractivity contribution in [2.24, 2.45) is 5.16 Å². The van der Waals surface area contributed by atoms with Gasteiger partial charge in [0.1, 0.15) is 42.1 Å². The minimum absolute atomic E-state index is 0.00581. The molecule has 0 bridgehead atoms. The molecule has 4 atom stereocenters. The van der Waals surface area contributed by atoms with E-state index in [0.717, 1.165) is 5.56 Å². The molecule has 4 rings (SSSR count). The van der Waals surface area contributed by atoms with E-state index in [2.05, 4.69) is 79.5 Å². The SMILES string of the molecule is COC1=C(Br)C(O)C2(C=C1Br)CC(C(=O)NCC(O)COc1c(Br)cc(C3CNC(=O)O3)cc1Br)=NO2. The minimum Gasteiger partial charge on any atom is -0.495 e. The van der Waals surface area contributed by atoms with Gasteiger partial charge in [-0.25, -0.2) is 4.79 Å². The van der Waals surface area contributed by atoms with Crippen LogP contribution in [0.15, 0.2) is 47.0 Å². The van der Waals surface area contributed by atoms with Gasteiger partial charge in [0.25, 0.3) is 5.91 Å². The van der Waals surface area contributed by atoms with Gasteiger partial charge in [-0.05, 0) is 87.5 Å². The number of carbonyl (C=O) groups excluding carboxylic acids is 2. The molecule has 3 aliphatic rings. The van der Waals surface area contributed by atoms with E-state index >= 15 is 0 Å². The van der Waals surface area contributed by atoms with Gasteiger partial charge < -0.3 is 39.9 Å². The van der Waals surface area contributed by atoms with Crippen molar-refractivity contribution in [1.29, 1.82) is 0 Å². The number of aliphatic hydroxyl groups is 2. The maximum atomic E-state index is 12.6. The number of oxime groups is 1. The first-order chi connectivity index (χ1) is 17.5. The zero-order chi connectivity index (χ0) is 26.9. The molecule has 0 aromatic heterocycles. The molecule has 1 spiro atoms. The molecule has 15 heteroatoms. The predicted molar refractivity (Wildman–Crippen MR) is 145 cm³/mol. The largest absolute Gasteiger partial charge is 0.495 e. The first kappa shape index (κ1) is 28.4. The Morgan fingerprint density at radius 1 is 1.32 bits per heavy atom. The molecular weight excluding hydrogens is 754 g/mol. The second-order valence-corrected chi connectivity index (χ2v) is 11.7. The molecule has 200 valence electrons. The number of hydrogen-bond acceptors (Lipinski definition) is 9. The number of amides is 2. The third-order valence-electron chi connectivity index (χ3n) is 5.74. The summed E-state index contributed by atoms with van der Waals surface area (Å²) in [6.07, 6.45) is -1.46. The van der Waals surface area contributed by atoms with E-state index in [9.17, 15) is 19.8 Å². The quantitative estimate of drug-likeness (QED) is 0.315. The van der Waals surface area contributed by atoms with E-state index < -0.39 is 35.9 Å². The fourth-order valence-electron chi connectivity index (χ4n) is 3.85. The number of ether oxygens (including phenoxy) is 3. The van der Waals surface area contributed by atoms with Crippen LogP contribution in [0.5, 0.6) is 5.75 Å². The Hall–Kier alpha value is -1.65. The number of nitrogens with one attached hydrogen (secondary N) is 2. The molecule has 2 amide bonds. The van der Waals surface area contributed by atoms with Crippen molar-refractivity contribution >= 4 is 81.4 Å². The number of carbonyl (C=O) groups is 2. The average molecular weight is 775 g/mol. The van der Waals surface area contributed by atoms with Crippen LogP contribution in [0.3, 0.4) is 0 Å². The van der Waals surface area contributed by atoms with E-state index in [1.165, 1.54) is 7.11 Å². The lowest BCUT2D eigenvalue weighted by atomic mass is 9.87. The molecule has 1 aliphatic carbocycles. The van der Waals surface area contributed by atoms with Crippen molar-refractivity contribution in [3.63, 3.8) is 0 Å². The number of alkyl carbamates (subject to hydrolysis) is 1. The van der Waals surface area contributed by atoms with Crippen LogP contribution in [0.25, 0.3) is 0 Å². The molecule has 2 aliphatic heterocycles. The van der Waals surface area contributed by atoms with Gasteiger partial charge in [-0.1, -0.05) is 5.16 Å². The zero-order valence-corrected chi connectivity index (χ0v) is 25.4. The molecule has 1 saturated heterocycles. The number of aliphatic hydroxyl groups excluding tert-OH is 2. The molecule has 11 nitrogen and oxygen atoms in total. The Kier molecular flexibility index (Phi) is 8.90. The summed E-state index contributed by atoms with van der Waals surface area (Å²) in [5.41, 5.74) is -0.445.